The summed E-state index contributed by atoms with van der Waals surface area (Å²) in [5.74, 6) is 0.444. The first kappa shape index (κ1) is 23.2. The maximum Gasteiger partial charge on any atom is 0.332 e. The van der Waals surface area contributed by atoms with Crippen LogP contribution in [0.2, 0.25) is 0 Å². The Morgan fingerprint density at radius 1 is 1.06 bits per heavy atom. The van der Waals surface area contributed by atoms with Crippen LogP contribution in [0, 0.1) is 6.92 Å². The minimum atomic E-state index is -0.291. The van der Waals surface area contributed by atoms with Crippen molar-refractivity contribution in [3.05, 3.63) is 79.8 Å². The van der Waals surface area contributed by atoms with Crippen LogP contribution >= 0.6 is 11.6 Å². The van der Waals surface area contributed by atoms with Crippen molar-refractivity contribution in [2.24, 2.45) is 4.99 Å². The van der Waals surface area contributed by atoms with Crippen LogP contribution < -0.4 is 11.2 Å². The lowest BCUT2D eigenvalue weighted by molar-refractivity contribution is 0.513. The summed E-state index contributed by atoms with van der Waals surface area (Å²) in [5.41, 5.74) is 3.54. The van der Waals surface area contributed by atoms with Crippen LogP contribution in [0.25, 0.3) is 0 Å². The highest BCUT2D eigenvalue weighted by Gasteiger charge is 2.24. The van der Waals surface area contributed by atoms with Crippen LogP contribution in [0.15, 0.2) is 51.2 Å². The summed E-state index contributed by atoms with van der Waals surface area (Å²) < 4.78 is 4.91. The highest BCUT2D eigenvalue weighted by Crippen LogP contribution is 2.24. The molecule has 0 saturated heterocycles. The lowest BCUT2D eigenvalue weighted by atomic mass is 10.1. The standard InChI is InChI=1S/C25H30ClN5O2/c1-3-4-7-12-30-23-21(14-22(26)28-23)24(32)31(25(30)33)13-8-10-19-15-27-29(16-19)17-20-11-6-5-9-18(20)2/h5-6,9,11,15-16H,3-4,7-8,10,12-14,17H2,1-2H3. The number of unbranched alkanes of at least 4 members (excludes halogenated alkanes) is 2. The molecule has 0 bridgehead atoms. The molecule has 0 saturated carbocycles. The smallest absolute Gasteiger partial charge is 0.278 e. The molecule has 33 heavy (non-hydrogen) atoms. The Kier molecular flexibility index (Phi) is 7.28. The van der Waals surface area contributed by atoms with Crippen molar-refractivity contribution in [3.63, 3.8) is 0 Å². The Labute approximate surface area is 198 Å². The molecule has 8 heteroatoms. The second kappa shape index (κ2) is 10.3. The Morgan fingerprint density at radius 3 is 2.64 bits per heavy atom. The van der Waals surface area contributed by atoms with E-state index in [1.54, 1.807) is 4.57 Å². The van der Waals surface area contributed by atoms with Crippen molar-refractivity contribution in [2.75, 3.05) is 0 Å². The largest absolute Gasteiger partial charge is 0.332 e. The minimum Gasteiger partial charge on any atom is -0.278 e. The van der Waals surface area contributed by atoms with Crippen LogP contribution in [0.1, 0.15) is 54.9 Å². The Hall–Kier alpha value is -2.93. The number of benzene rings is 1. The van der Waals surface area contributed by atoms with Gasteiger partial charge in [-0.1, -0.05) is 55.6 Å². The highest BCUT2D eigenvalue weighted by molar-refractivity contribution is 6.66. The first-order valence-corrected chi connectivity index (χ1v) is 12.0. The van der Waals surface area contributed by atoms with E-state index >= 15 is 0 Å². The van der Waals surface area contributed by atoms with Gasteiger partial charge in [0, 0.05) is 25.7 Å². The van der Waals surface area contributed by atoms with Gasteiger partial charge in [0.1, 0.15) is 11.0 Å². The third kappa shape index (κ3) is 5.19. The molecule has 1 aliphatic heterocycles. The third-order valence-corrected chi connectivity index (χ3v) is 6.37. The quantitative estimate of drug-likeness (QED) is 0.419. The van der Waals surface area contributed by atoms with E-state index in [4.69, 9.17) is 11.6 Å². The van der Waals surface area contributed by atoms with E-state index in [2.05, 4.69) is 36.1 Å². The molecule has 0 aliphatic carbocycles. The molecule has 0 amide bonds. The fourth-order valence-electron chi connectivity index (χ4n) is 4.27. The second-order valence-electron chi connectivity index (χ2n) is 8.64. The zero-order chi connectivity index (χ0) is 23.4. The van der Waals surface area contributed by atoms with Crippen molar-refractivity contribution in [2.45, 2.75) is 72.0 Å². The predicted octanol–water partition coefficient (Wildman–Crippen LogP) is 4.21. The molecule has 3 aromatic rings. The zero-order valence-electron chi connectivity index (χ0n) is 19.3. The number of aromatic nitrogens is 4. The summed E-state index contributed by atoms with van der Waals surface area (Å²) in [6.07, 6.45) is 8.55. The van der Waals surface area contributed by atoms with Crippen molar-refractivity contribution in [3.8, 4) is 0 Å². The molecule has 0 unspecified atom stereocenters. The van der Waals surface area contributed by atoms with Crippen LogP contribution in [0.4, 0.5) is 5.82 Å². The molecule has 174 valence electrons. The maximum atomic E-state index is 13.1. The van der Waals surface area contributed by atoms with Gasteiger partial charge in [-0.15, -0.1) is 0 Å². The Balaban J connectivity index is 1.46. The summed E-state index contributed by atoms with van der Waals surface area (Å²) in [7, 11) is 0. The van der Waals surface area contributed by atoms with Crippen molar-refractivity contribution in [1.29, 1.82) is 0 Å². The van der Waals surface area contributed by atoms with E-state index in [1.807, 2.05) is 29.2 Å². The zero-order valence-corrected chi connectivity index (χ0v) is 20.0. The SMILES string of the molecule is CCCCCn1c2c(c(=O)n(CCCc3cnn(Cc4ccccc4C)c3)c1=O)CC(Cl)=N2. The van der Waals surface area contributed by atoms with E-state index in [0.29, 0.717) is 42.5 Å². The molecule has 3 heterocycles. The van der Waals surface area contributed by atoms with Crippen LogP contribution in [-0.2, 0) is 32.5 Å². The van der Waals surface area contributed by atoms with Crippen molar-refractivity contribution in [1.82, 2.24) is 18.9 Å². The average Bonchev–Trinajstić information content (AvgIpc) is 3.41. The summed E-state index contributed by atoms with van der Waals surface area (Å²) in [4.78, 5) is 30.4. The minimum absolute atomic E-state index is 0.267. The van der Waals surface area contributed by atoms with Gasteiger partial charge in [0.05, 0.1) is 18.3 Å². The molecular weight excluding hydrogens is 438 g/mol. The number of fused-ring (bicyclic) bond motifs is 1. The topological polar surface area (TPSA) is 74.2 Å². The van der Waals surface area contributed by atoms with Gasteiger partial charge in [0.2, 0.25) is 0 Å². The molecule has 0 radical (unpaired) electrons. The number of aryl methyl sites for hydroxylation is 2. The number of halogens is 1. The van der Waals surface area contributed by atoms with E-state index in [0.717, 1.165) is 37.8 Å². The molecule has 0 fully saturated rings. The van der Waals surface area contributed by atoms with Gasteiger partial charge in [-0.3, -0.25) is 18.6 Å². The number of nitrogens with zero attached hydrogens (tertiary/aromatic N) is 5. The van der Waals surface area contributed by atoms with Gasteiger partial charge in [0.25, 0.3) is 5.56 Å². The van der Waals surface area contributed by atoms with Crippen LogP contribution in [0.3, 0.4) is 0 Å². The van der Waals surface area contributed by atoms with E-state index in [1.165, 1.54) is 15.7 Å². The van der Waals surface area contributed by atoms with Crippen LogP contribution in [0.5, 0.6) is 0 Å². The number of hydrogen-bond acceptors (Lipinski definition) is 4. The molecule has 4 rings (SSSR count). The van der Waals surface area contributed by atoms with E-state index < -0.39 is 0 Å². The van der Waals surface area contributed by atoms with Crippen molar-refractivity contribution >= 4 is 22.6 Å². The summed E-state index contributed by atoms with van der Waals surface area (Å²) in [6, 6.07) is 8.28. The molecule has 0 atom stereocenters. The van der Waals surface area contributed by atoms with Crippen molar-refractivity contribution < 1.29 is 0 Å². The van der Waals surface area contributed by atoms with Gasteiger partial charge in [-0.05, 0) is 42.9 Å². The fraction of sp³-hybridized carbons (Fsp3) is 0.440. The Bertz CT molecular complexity index is 1280. The first-order valence-electron chi connectivity index (χ1n) is 11.6. The van der Waals surface area contributed by atoms with E-state index in [9.17, 15) is 9.59 Å². The third-order valence-electron chi connectivity index (χ3n) is 6.15. The second-order valence-corrected chi connectivity index (χ2v) is 9.08. The fourth-order valence-corrected chi connectivity index (χ4v) is 4.49. The van der Waals surface area contributed by atoms with Gasteiger partial charge >= 0.3 is 5.69 Å². The maximum absolute atomic E-state index is 13.1. The molecule has 2 aromatic heterocycles. The number of hydrogen-bond donors (Lipinski definition) is 0. The van der Waals surface area contributed by atoms with E-state index in [-0.39, 0.29) is 11.2 Å². The molecule has 1 aromatic carbocycles. The van der Waals surface area contributed by atoms with Gasteiger partial charge in [0.15, 0.2) is 0 Å². The Morgan fingerprint density at radius 2 is 1.85 bits per heavy atom. The van der Waals surface area contributed by atoms with Gasteiger partial charge in [-0.2, -0.15) is 5.10 Å². The van der Waals surface area contributed by atoms with Gasteiger partial charge < -0.3 is 0 Å². The summed E-state index contributed by atoms with van der Waals surface area (Å²) in [5, 5.41) is 4.84. The average molecular weight is 468 g/mol. The number of rotatable bonds is 10. The molecular formula is C25H30ClN5O2. The monoisotopic (exact) mass is 467 g/mol. The highest BCUT2D eigenvalue weighted by atomic mass is 35.5. The lowest BCUT2D eigenvalue weighted by Gasteiger charge is -2.14. The normalized spacial score (nSPS) is 12.8. The summed E-state index contributed by atoms with van der Waals surface area (Å²) in [6.45, 7) is 5.85. The molecule has 7 nitrogen and oxygen atoms in total. The first-order chi connectivity index (χ1) is 16.0. The number of aliphatic imine (C=N–C) groups is 1. The van der Waals surface area contributed by atoms with Gasteiger partial charge in [-0.25, -0.2) is 9.79 Å². The molecule has 1 aliphatic rings. The predicted molar refractivity (Wildman–Crippen MR) is 132 cm³/mol. The van der Waals surface area contributed by atoms with Crippen LogP contribution in [-0.4, -0.2) is 24.1 Å². The lowest BCUT2D eigenvalue weighted by Crippen LogP contribution is -2.41. The molecule has 0 N–H and O–H groups in total. The molecule has 0 spiro atoms. The summed E-state index contributed by atoms with van der Waals surface area (Å²) >= 11 is 6.12.